The number of imidazole rings is 1. The summed E-state index contributed by atoms with van der Waals surface area (Å²) >= 11 is 0. The first-order valence-electron chi connectivity index (χ1n) is 5.08. The average Bonchev–Trinajstić information content (AvgIpc) is 2.73. The molecule has 8 heteroatoms. The minimum Gasteiger partial charge on any atom is -0.477 e. The molecule has 0 spiro atoms. The van der Waals surface area contributed by atoms with Gasteiger partial charge in [-0.15, -0.1) is 0 Å². The minimum absolute atomic E-state index is 0.118. The molecule has 2 aromatic rings. The first-order chi connectivity index (χ1) is 8.79. The molecule has 0 saturated heterocycles. The van der Waals surface area contributed by atoms with Gasteiger partial charge in [0.15, 0.2) is 5.69 Å². The Hall–Kier alpha value is -2.22. The van der Waals surface area contributed by atoms with Gasteiger partial charge in [0, 0.05) is 11.8 Å². The third-order valence-corrected chi connectivity index (χ3v) is 3.24. The second-order valence-corrected chi connectivity index (χ2v) is 5.78. The van der Waals surface area contributed by atoms with E-state index in [2.05, 4.69) is 9.97 Å². The summed E-state index contributed by atoms with van der Waals surface area (Å²) in [5.74, 6) is -1.94. The normalized spacial score (nSPS) is 11.5. The maximum Gasteiger partial charge on any atom is 0.354 e. The van der Waals surface area contributed by atoms with Gasteiger partial charge in [-0.1, -0.05) is 12.1 Å². The van der Waals surface area contributed by atoms with Gasteiger partial charge in [-0.25, -0.2) is 22.6 Å². The third kappa shape index (κ3) is 2.63. The van der Waals surface area contributed by atoms with Crippen molar-refractivity contribution in [3.8, 4) is 11.3 Å². The molecule has 100 valence electrons. The van der Waals surface area contributed by atoms with Crippen LogP contribution in [0.4, 0.5) is 4.39 Å². The number of H-pyrrole nitrogens is 1. The Morgan fingerprint density at radius 2 is 2.11 bits per heavy atom. The lowest BCUT2D eigenvalue weighted by Crippen LogP contribution is -2.01. The fourth-order valence-electron chi connectivity index (χ4n) is 1.53. The zero-order valence-corrected chi connectivity index (χ0v) is 10.5. The molecule has 2 rings (SSSR count). The van der Waals surface area contributed by atoms with Crippen molar-refractivity contribution >= 4 is 15.8 Å². The van der Waals surface area contributed by atoms with Crippen LogP contribution in [0.5, 0.6) is 0 Å². The monoisotopic (exact) mass is 284 g/mol. The molecule has 0 bridgehead atoms. The Bertz CT molecular complexity index is 752. The Morgan fingerprint density at radius 1 is 1.42 bits per heavy atom. The van der Waals surface area contributed by atoms with Crippen molar-refractivity contribution in [1.82, 2.24) is 9.97 Å². The van der Waals surface area contributed by atoms with Gasteiger partial charge >= 0.3 is 5.97 Å². The molecule has 1 heterocycles. The van der Waals surface area contributed by atoms with Gasteiger partial charge in [-0.3, -0.25) is 0 Å². The van der Waals surface area contributed by atoms with Gasteiger partial charge < -0.3 is 10.1 Å². The highest BCUT2D eigenvalue weighted by molar-refractivity contribution is 7.90. The van der Waals surface area contributed by atoms with Gasteiger partial charge in [0.1, 0.15) is 11.5 Å². The first-order valence-corrected chi connectivity index (χ1v) is 6.97. The summed E-state index contributed by atoms with van der Waals surface area (Å²) in [4.78, 5) is 17.0. The molecule has 0 aliphatic heterocycles. The van der Waals surface area contributed by atoms with Gasteiger partial charge in [-0.2, -0.15) is 0 Å². The number of carboxylic acid groups (broad SMARTS) is 1. The summed E-state index contributed by atoms with van der Waals surface area (Å²) in [6.07, 6.45) is 0.896. The van der Waals surface area contributed by atoms with Crippen molar-refractivity contribution in [3.05, 3.63) is 35.8 Å². The number of hydrogen-bond acceptors (Lipinski definition) is 4. The van der Waals surface area contributed by atoms with E-state index < -0.39 is 32.5 Å². The fourth-order valence-corrected chi connectivity index (χ4v) is 2.07. The number of aromatic nitrogens is 2. The van der Waals surface area contributed by atoms with Gasteiger partial charge in [0.2, 0.25) is 15.0 Å². The fraction of sp³-hybridized carbons (Fsp3) is 0.0909. The van der Waals surface area contributed by atoms with Crippen LogP contribution in [-0.2, 0) is 9.84 Å². The van der Waals surface area contributed by atoms with Crippen molar-refractivity contribution in [2.75, 3.05) is 6.26 Å². The average molecular weight is 284 g/mol. The lowest BCUT2D eigenvalue weighted by molar-refractivity contribution is 0.0691. The lowest BCUT2D eigenvalue weighted by Gasteiger charge is -1.98. The number of benzene rings is 1. The highest BCUT2D eigenvalue weighted by atomic mass is 32.2. The molecule has 0 amide bonds. The Morgan fingerprint density at radius 3 is 2.63 bits per heavy atom. The maximum absolute atomic E-state index is 13.1. The highest BCUT2D eigenvalue weighted by Crippen LogP contribution is 2.23. The van der Waals surface area contributed by atoms with Crippen LogP contribution in [-0.4, -0.2) is 35.7 Å². The number of aromatic amines is 1. The van der Waals surface area contributed by atoms with Crippen LogP contribution in [0.3, 0.4) is 0 Å². The number of nitrogens with one attached hydrogen (secondary N) is 1. The largest absolute Gasteiger partial charge is 0.477 e. The van der Waals surface area contributed by atoms with Crippen molar-refractivity contribution in [2.45, 2.75) is 5.16 Å². The van der Waals surface area contributed by atoms with Crippen LogP contribution in [0.1, 0.15) is 10.5 Å². The maximum atomic E-state index is 13.1. The molecule has 19 heavy (non-hydrogen) atoms. The molecule has 2 N–H and O–H groups in total. The Labute approximate surface area is 107 Å². The topological polar surface area (TPSA) is 100 Å². The van der Waals surface area contributed by atoms with Crippen LogP contribution in [0.2, 0.25) is 0 Å². The van der Waals surface area contributed by atoms with Gasteiger partial charge in [0.25, 0.3) is 0 Å². The number of carbonyl (C=O) groups is 1. The Kier molecular flexibility index (Phi) is 3.11. The number of aromatic carboxylic acids is 1. The summed E-state index contributed by atoms with van der Waals surface area (Å²) in [7, 11) is -3.68. The third-order valence-electron chi connectivity index (χ3n) is 2.35. The first kappa shape index (κ1) is 13.2. The molecule has 0 atom stereocenters. The predicted octanol–water partition coefficient (Wildman–Crippen LogP) is 1.32. The Balaban J connectivity index is 2.69. The van der Waals surface area contributed by atoms with E-state index in [4.69, 9.17) is 5.11 Å². The van der Waals surface area contributed by atoms with Crippen molar-refractivity contribution in [1.29, 1.82) is 0 Å². The van der Waals surface area contributed by atoms with E-state index in [0.29, 0.717) is 0 Å². The smallest absolute Gasteiger partial charge is 0.354 e. The molecule has 6 nitrogen and oxygen atoms in total. The van der Waals surface area contributed by atoms with Crippen molar-refractivity contribution in [3.63, 3.8) is 0 Å². The summed E-state index contributed by atoms with van der Waals surface area (Å²) in [5.41, 5.74) is -0.331. The second kappa shape index (κ2) is 4.47. The van der Waals surface area contributed by atoms with Crippen molar-refractivity contribution in [2.24, 2.45) is 0 Å². The summed E-state index contributed by atoms with van der Waals surface area (Å²) in [6, 6.07) is 5.09. The van der Waals surface area contributed by atoms with E-state index in [1.807, 2.05) is 0 Å². The number of nitrogens with zero attached hydrogens (tertiary/aromatic N) is 1. The molecule has 0 unspecified atom stereocenters. The summed E-state index contributed by atoms with van der Waals surface area (Å²) in [6.45, 7) is 0. The summed E-state index contributed by atoms with van der Waals surface area (Å²) in [5, 5.41) is 8.55. The van der Waals surface area contributed by atoms with Crippen LogP contribution in [0.25, 0.3) is 11.3 Å². The van der Waals surface area contributed by atoms with Crippen LogP contribution >= 0.6 is 0 Å². The molecule has 1 aromatic heterocycles. The van der Waals surface area contributed by atoms with Crippen molar-refractivity contribution < 1.29 is 22.7 Å². The molecule has 0 radical (unpaired) electrons. The van der Waals surface area contributed by atoms with Crippen LogP contribution < -0.4 is 0 Å². The van der Waals surface area contributed by atoms with E-state index in [9.17, 15) is 17.6 Å². The second-order valence-electron chi connectivity index (χ2n) is 3.85. The number of sulfone groups is 1. The van der Waals surface area contributed by atoms with Gasteiger partial charge in [-0.05, 0) is 12.1 Å². The van der Waals surface area contributed by atoms with E-state index in [-0.39, 0.29) is 11.3 Å². The standard InChI is InChI=1S/C11H9FN2O4S/c1-19(17,18)11-13-8(9(14-11)10(15)16)6-3-2-4-7(12)5-6/h2-5H,1H3,(H,13,14)(H,15,16). The SMILES string of the molecule is CS(=O)(=O)c1nc(-c2cccc(F)c2)c(C(=O)O)[nH]1. The number of carboxylic acids is 1. The van der Waals surface area contributed by atoms with E-state index in [1.54, 1.807) is 0 Å². The zero-order chi connectivity index (χ0) is 14.2. The van der Waals surface area contributed by atoms with E-state index >= 15 is 0 Å². The molecular weight excluding hydrogens is 275 g/mol. The molecule has 0 fully saturated rings. The molecule has 0 aliphatic carbocycles. The number of hydrogen-bond donors (Lipinski definition) is 2. The molecular formula is C11H9FN2O4S. The lowest BCUT2D eigenvalue weighted by atomic mass is 10.1. The van der Waals surface area contributed by atoms with Gasteiger partial charge in [0.05, 0.1) is 0 Å². The molecule has 1 aromatic carbocycles. The molecule has 0 saturated carbocycles. The summed E-state index contributed by atoms with van der Waals surface area (Å²) < 4.78 is 35.8. The van der Waals surface area contributed by atoms with Crippen LogP contribution in [0.15, 0.2) is 29.4 Å². The van der Waals surface area contributed by atoms with E-state index in [1.165, 1.54) is 18.2 Å². The highest BCUT2D eigenvalue weighted by Gasteiger charge is 2.22. The molecule has 0 aliphatic rings. The zero-order valence-electron chi connectivity index (χ0n) is 9.71. The minimum atomic E-state index is -3.68. The number of rotatable bonds is 3. The van der Waals surface area contributed by atoms with Crippen LogP contribution in [0, 0.1) is 5.82 Å². The predicted molar refractivity (Wildman–Crippen MR) is 64.1 cm³/mol. The number of halogens is 1. The van der Waals surface area contributed by atoms with E-state index in [0.717, 1.165) is 12.3 Å². The quantitative estimate of drug-likeness (QED) is 0.885.